The van der Waals surface area contributed by atoms with E-state index in [4.69, 9.17) is 4.74 Å². The molecule has 1 spiro atoms. The summed E-state index contributed by atoms with van der Waals surface area (Å²) in [6.45, 7) is 18.7. The molecule has 4 heteroatoms. The Labute approximate surface area is 177 Å². The molecule has 164 valence electrons. The number of halogens is 1. The molecule has 1 aromatic carbocycles. The van der Waals surface area contributed by atoms with Gasteiger partial charge in [-0.2, -0.15) is 0 Å². The monoisotopic (exact) mass is 405 g/mol. The molecule has 29 heavy (non-hydrogen) atoms. The fourth-order valence-electron chi connectivity index (χ4n) is 3.81. The summed E-state index contributed by atoms with van der Waals surface area (Å²) in [6, 6.07) is 4.15. The molecule has 1 aliphatic heterocycles. The minimum absolute atomic E-state index is 0.0397. The topological polar surface area (TPSA) is 29.5 Å². The predicted octanol–water partition coefficient (Wildman–Crippen LogP) is 6.73. The first-order chi connectivity index (χ1) is 13.7. The number of likely N-dealkylation sites (tertiary alicyclic amines) is 1. The smallest absolute Gasteiger partial charge is 0.257 e. The van der Waals surface area contributed by atoms with E-state index < -0.39 is 0 Å². The molecular weight excluding hydrogens is 365 g/mol. The molecule has 2 aliphatic rings. The Hall–Kier alpha value is -1.84. The third-order valence-corrected chi connectivity index (χ3v) is 5.72. The predicted molar refractivity (Wildman–Crippen MR) is 120 cm³/mol. The van der Waals surface area contributed by atoms with Gasteiger partial charge >= 0.3 is 0 Å². The molecule has 1 heterocycles. The van der Waals surface area contributed by atoms with Crippen molar-refractivity contribution in [1.82, 2.24) is 4.90 Å². The summed E-state index contributed by atoms with van der Waals surface area (Å²) in [5.41, 5.74) is 2.21. The zero-order valence-electron chi connectivity index (χ0n) is 19.6. The van der Waals surface area contributed by atoms with Gasteiger partial charge in [-0.25, -0.2) is 4.39 Å². The van der Waals surface area contributed by atoms with Gasteiger partial charge in [0, 0.05) is 24.6 Å². The molecule has 0 atom stereocenters. The lowest BCUT2D eigenvalue weighted by molar-refractivity contribution is -0.0884. The van der Waals surface area contributed by atoms with Gasteiger partial charge in [0.05, 0.1) is 12.2 Å². The van der Waals surface area contributed by atoms with Gasteiger partial charge in [0.15, 0.2) is 0 Å². The van der Waals surface area contributed by atoms with Crippen LogP contribution in [0.25, 0.3) is 0 Å². The Balaban J connectivity index is 0.000000527. The molecule has 1 amide bonds. The standard InChI is InChI=1S/C18H24FNO2.C5H10.C2H6/c1-4-22-16-7-14(19)5-6-15(16)17(21)20-10-18(11-20)8-13(9-18)12(2)3;1-4-5(2)3;1-2/h5-7,12-13H,4,8-11H2,1-3H3;4H,1-3H3;1-2H3. The summed E-state index contributed by atoms with van der Waals surface area (Å²) in [7, 11) is 0. The molecule has 0 aromatic heterocycles. The Morgan fingerprint density at radius 3 is 2.28 bits per heavy atom. The second kappa shape index (κ2) is 11.4. The quantitative estimate of drug-likeness (QED) is 0.520. The van der Waals surface area contributed by atoms with Crippen LogP contribution in [0.15, 0.2) is 29.8 Å². The Bertz CT molecular complexity index is 678. The minimum atomic E-state index is -0.376. The molecule has 0 unspecified atom stereocenters. The lowest BCUT2D eigenvalue weighted by Gasteiger charge is -2.60. The molecule has 0 bridgehead atoms. The van der Waals surface area contributed by atoms with Crippen molar-refractivity contribution in [2.75, 3.05) is 19.7 Å². The number of benzene rings is 1. The number of ether oxygens (including phenoxy) is 1. The molecule has 0 N–H and O–H groups in total. The highest BCUT2D eigenvalue weighted by atomic mass is 19.1. The molecule has 1 aliphatic carbocycles. The average Bonchev–Trinajstić information content (AvgIpc) is 2.61. The van der Waals surface area contributed by atoms with Gasteiger partial charge in [-0.1, -0.05) is 39.3 Å². The SMILES string of the molecule is CC.CC=C(C)C.CCOc1cc(F)ccc1C(=O)N1CC2(CC(C(C)C)C2)C1. The van der Waals surface area contributed by atoms with E-state index in [1.165, 1.54) is 36.6 Å². The normalized spacial score (nSPS) is 16.6. The van der Waals surface area contributed by atoms with E-state index >= 15 is 0 Å². The van der Waals surface area contributed by atoms with Crippen LogP contribution in [0.1, 0.15) is 78.6 Å². The van der Waals surface area contributed by atoms with Crippen LogP contribution in [0.2, 0.25) is 0 Å². The molecule has 2 fully saturated rings. The van der Waals surface area contributed by atoms with E-state index in [0.29, 0.717) is 23.3 Å². The van der Waals surface area contributed by atoms with Crippen molar-refractivity contribution in [1.29, 1.82) is 0 Å². The molecule has 0 radical (unpaired) electrons. The number of carbonyl (C=O) groups is 1. The van der Waals surface area contributed by atoms with Crippen LogP contribution >= 0.6 is 0 Å². The third kappa shape index (κ3) is 6.58. The summed E-state index contributed by atoms with van der Waals surface area (Å²) >= 11 is 0. The molecule has 3 nitrogen and oxygen atoms in total. The van der Waals surface area contributed by atoms with Crippen molar-refractivity contribution in [3.63, 3.8) is 0 Å². The minimum Gasteiger partial charge on any atom is -0.493 e. The fraction of sp³-hybridized carbons (Fsp3) is 0.640. The van der Waals surface area contributed by atoms with Crippen LogP contribution in [0.3, 0.4) is 0 Å². The highest BCUT2D eigenvalue weighted by molar-refractivity contribution is 5.97. The second-order valence-electron chi connectivity index (χ2n) is 8.51. The highest BCUT2D eigenvalue weighted by Gasteiger charge is 2.54. The van der Waals surface area contributed by atoms with Gasteiger partial charge in [0.25, 0.3) is 5.91 Å². The van der Waals surface area contributed by atoms with E-state index in [0.717, 1.165) is 24.9 Å². The van der Waals surface area contributed by atoms with Crippen molar-refractivity contribution in [2.24, 2.45) is 17.3 Å². The van der Waals surface area contributed by atoms with Gasteiger partial charge < -0.3 is 9.64 Å². The van der Waals surface area contributed by atoms with Crippen molar-refractivity contribution in [2.45, 2.75) is 68.2 Å². The maximum atomic E-state index is 13.3. The van der Waals surface area contributed by atoms with Crippen LogP contribution in [-0.4, -0.2) is 30.5 Å². The molecule has 1 saturated carbocycles. The Morgan fingerprint density at radius 1 is 1.28 bits per heavy atom. The number of hydrogen-bond acceptors (Lipinski definition) is 2. The van der Waals surface area contributed by atoms with Gasteiger partial charge in [0.1, 0.15) is 11.6 Å². The largest absolute Gasteiger partial charge is 0.493 e. The van der Waals surface area contributed by atoms with E-state index in [1.54, 1.807) is 0 Å². The maximum absolute atomic E-state index is 13.3. The van der Waals surface area contributed by atoms with Crippen LogP contribution in [-0.2, 0) is 0 Å². The van der Waals surface area contributed by atoms with Crippen molar-refractivity contribution in [3.8, 4) is 5.75 Å². The fourth-order valence-corrected chi connectivity index (χ4v) is 3.81. The first kappa shape index (κ1) is 25.2. The summed E-state index contributed by atoms with van der Waals surface area (Å²) in [6.07, 6.45) is 4.55. The zero-order valence-corrected chi connectivity index (χ0v) is 19.6. The molecule has 1 aromatic rings. The lowest BCUT2D eigenvalue weighted by Crippen LogP contribution is -2.64. The third-order valence-electron chi connectivity index (χ3n) is 5.72. The van der Waals surface area contributed by atoms with Crippen LogP contribution in [0, 0.1) is 23.1 Å². The maximum Gasteiger partial charge on any atom is 0.257 e. The summed E-state index contributed by atoms with van der Waals surface area (Å²) in [4.78, 5) is 14.5. The zero-order chi connectivity index (χ0) is 22.2. The van der Waals surface area contributed by atoms with Crippen LogP contribution in [0.5, 0.6) is 5.75 Å². The molecule has 3 rings (SSSR count). The van der Waals surface area contributed by atoms with E-state index in [2.05, 4.69) is 33.8 Å². The van der Waals surface area contributed by atoms with E-state index in [-0.39, 0.29) is 11.7 Å². The van der Waals surface area contributed by atoms with Gasteiger partial charge in [-0.05, 0) is 64.5 Å². The second-order valence-corrected chi connectivity index (χ2v) is 8.51. The first-order valence-corrected chi connectivity index (χ1v) is 11.0. The highest BCUT2D eigenvalue weighted by Crippen LogP contribution is 2.54. The van der Waals surface area contributed by atoms with E-state index in [1.807, 2.05) is 32.6 Å². The number of hydrogen-bond donors (Lipinski definition) is 0. The Morgan fingerprint density at radius 2 is 1.83 bits per heavy atom. The van der Waals surface area contributed by atoms with Crippen molar-refractivity contribution >= 4 is 5.91 Å². The summed E-state index contributed by atoms with van der Waals surface area (Å²) < 4.78 is 18.7. The number of amides is 1. The van der Waals surface area contributed by atoms with Crippen molar-refractivity contribution < 1.29 is 13.9 Å². The molecule has 1 saturated heterocycles. The number of rotatable bonds is 4. The summed E-state index contributed by atoms with van der Waals surface area (Å²) in [5, 5.41) is 0. The van der Waals surface area contributed by atoms with Gasteiger partial charge in [0.2, 0.25) is 0 Å². The van der Waals surface area contributed by atoms with E-state index in [9.17, 15) is 9.18 Å². The Kier molecular flexibility index (Phi) is 9.88. The van der Waals surface area contributed by atoms with Crippen LogP contribution < -0.4 is 4.74 Å². The average molecular weight is 406 g/mol. The summed E-state index contributed by atoms with van der Waals surface area (Å²) in [5.74, 6) is 1.47. The lowest BCUT2D eigenvalue weighted by atomic mass is 9.55. The number of nitrogens with zero attached hydrogens (tertiary/aromatic N) is 1. The van der Waals surface area contributed by atoms with Crippen molar-refractivity contribution in [3.05, 3.63) is 41.2 Å². The van der Waals surface area contributed by atoms with Crippen LogP contribution in [0.4, 0.5) is 4.39 Å². The van der Waals surface area contributed by atoms with Gasteiger partial charge in [-0.3, -0.25) is 4.79 Å². The first-order valence-electron chi connectivity index (χ1n) is 11.0. The van der Waals surface area contributed by atoms with Gasteiger partial charge in [-0.15, -0.1) is 0 Å². The molecular formula is C25H40FNO2. The number of allylic oxidation sites excluding steroid dienone is 2. The number of carbonyl (C=O) groups excluding carboxylic acids is 1.